The number of aliphatic carboxylic acids is 1. The molecule has 0 saturated carbocycles. The van der Waals surface area contributed by atoms with Crippen LogP contribution in [0, 0.1) is 17.0 Å². The second kappa shape index (κ2) is 24.4. The van der Waals surface area contributed by atoms with E-state index in [-0.39, 0.29) is 38.3 Å². The molecule has 21 heteroatoms. The van der Waals surface area contributed by atoms with Crippen LogP contribution in [0.5, 0.6) is 0 Å². The summed E-state index contributed by atoms with van der Waals surface area (Å²) >= 11 is 0. The van der Waals surface area contributed by atoms with E-state index in [1.165, 1.54) is 4.90 Å². The van der Waals surface area contributed by atoms with Gasteiger partial charge in [0.2, 0.25) is 11.8 Å². The molecule has 3 aromatic rings. The van der Waals surface area contributed by atoms with E-state index in [9.17, 15) is 41.8 Å². The summed E-state index contributed by atoms with van der Waals surface area (Å²) in [7, 11) is -3.09. The molecular formula is C44H64F5N5O9Si2. The number of nitrogens with two attached hydrogens (primary N) is 1. The van der Waals surface area contributed by atoms with Crippen LogP contribution in [0.15, 0.2) is 60.8 Å². The Morgan fingerprint density at radius 2 is 1.42 bits per heavy atom. The van der Waals surface area contributed by atoms with Crippen molar-refractivity contribution in [3.05, 3.63) is 83.7 Å². The SMILES string of the molecule is CC(C)(C)[C@H](c1cc(-c2cc(F)ccc2F)cn1Cc1ccccc1)N(CC[C@H](NC(=O)OCC[Si](C)(C)C)C(=O)NC(CN)C(=O)OCC[Si](C)(C)C)C(=O)CO.O=C(O)C(F)(F)F. The van der Waals surface area contributed by atoms with Crippen molar-refractivity contribution in [1.82, 2.24) is 20.1 Å². The minimum atomic E-state index is -5.08. The van der Waals surface area contributed by atoms with E-state index in [2.05, 4.69) is 49.9 Å². The molecule has 1 heterocycles. The number of aliphatic hydroxyl groups excluding tert-OH is 1. The van der Waals surface area contributed by atoms with Crippen molar-refractivity contribution in [1.29, 1.82) is 0 Å². The van der Waals surface area contributed by atoms with Crippen LogP contribution in [0.4, 0.5) is 26.7 Å². The van der Waals surface area contributed by atoms with Crippen LogP contribution in [0.3, 0.4) is 0 Å². The summed E-state index contributed by atoms with van der Waals surface area (Å²) in [5.74, 6) is -6.14. The Hall–Kier alpha value is -5.13. The van der Waals surface area contributed by atoms with Crippen molar-refractivity contribution < 1.29 is 65.6 Å². The van der Waals surface area contributed by atoms with Crippen molar-refractivity contribution in [2.45, 2.75) is 109 Å². The third-order valence-corrected chi connectivity index (χ3v) is 13.2. The Bertz CT molecular complexity index is 2050. The van der Waals surface area contributed by atoms with Crippen molar-refractivity contribution in [2.75, 3.05) is 32.9 Å². The summed E-state index contributed by atoms with van der Waals surface area (Å²) in [6.07, 6.45) is -4.41. The molecule has 65 heavy (non-hydrogen) atoms. The smallest absolute Gasteiger partial charge is 0.475 e. The van der Waals surface area contributed by atoms with Crippen molar-refractivity contribution >= 4 is 46.0 Å². The number of hydrogen-bond acceptors (Lipinski definition) is 9. The maximum Gasteiger partial charge on any atom is 0.490 e. The van der Waals surface area contributed by atoms with Crippen molar-refractivity contribution in [3.63, 3.8) is 0 Å². The number of carboxylic acid groups (broad SMARTS) is 1. The van der Waals surface area contributed by atoms with E-state index in [4.69, 9.17) is 25.1 Å². The van der Waals surface area contributed by atoms with Gasteiger partial charge in [-0.15, -0.1) is 0 Å². The van der Waals surface area contributed by atoms with Gasteiger partial charge in [0.1, 0.15) is 30.3 Å². The number of alkyl halides is 3. The first-order valence-corrected chi connectivity index (χ1v) is 28.4. The predicted octanol–water partition coefficient (Wildman–Crippen LogP) is 7.17. The fraction of sp³-hybridized carbons (Fsp3) is 0.523. The lowest BCUT2D eigenvalue weighted by atomic mass is 9.82. The van der Waals surface area contributed by atoms with Crippen LogP contribution in [0.2, 0.25) is 51.4 Å². The molecule has 0 aliphatic heterocycles. The number of nitrogens with one attached hydrogen (secondary N) is 2. The number of carbonyl (C=O) groups is 5. The summed E-state index contributed by atoms with van der Waals surface area (Å²) in [5.41, 5.74) is 7.04. The standard InChI is InChI=1S/C42H63F2N5O7Si2.C2HF3O2/c1-42(2,3)38(36-23-30(32-24-31(43)15-16-33(32)44)27-48(36)26-29-13-11-10-12-14-29)49(37(51)28-50)18-17-34(47-41(54)56-20-22-58(7,8)9)39(52)46-35(25-45)40(53)55-19-21-57(4,5)6;3-2(4,5)1(6)7/h10-16,23-24,27,34-35,38,50H,17-22,25-26,28,45H2,1-9H3,(H,46,52)(H,47,54);(H,6,7)/t34-,35?,38-;/m0./s1. The number of carboxylic acids is 1. The Kier molecular flexibility index (Phi) is 21.0. The summed E-state index contributed by atoms with van der Waals surface area (Å²) in [4.78, 5) is 64.2. The monoisotopic (exact) mass is 957 g/mol. The highest BCUT2D eigenvalue weighted by Gasteiger charge is 2.39. The molecule has 0 spiro atoms. The highest BCUT2D eigenvalue weighted by atomic mass is 28.3. The molecule has 14 nitrogen and oxygen atoms in total. The van der Waals surface area contributed by atoms with Gasteiger partial charge < -0.3 is 45.5 Å². The molecule has 3 atom stereocenters. The van der Waals surface area contributed by atoms with Gasteiger partial charge in [0.05, 0.1) is 19.3 Å². The number of rotatable bonds is 20. The molecule has 1 aromatic heterocycles. The highest BCUT2D eigenvalue weighted by Crippen LogP contribution is 2.41. The van der Waals surface area contributed by atoms with Crippen LogP contribution in [-0.2, 0) is 35.2 Å². The number of hydrogen-bond donors (Lipinski definition) is 5. The molecular weight excluding hydrogens is 894 g/mol. The molecule has 0 fully saturated rings. The van der Waals surface area contributed by atoms with E-state index in [0.29, 0.717) is 29.9 Å². The molecule has 3 amide bonds. The van der Waals surface area contributed by atoms with Crippen LogP contribution >= 0.6 is 0 Å². The lowest BCUT2D eigenvalue weighted by Gasteiger charge is -2.41. The van der Waals surface area contributed by atoms with Gasteiger partial charge in [0.15, 0.2) is 0 Å². The summed E-state index contributed by atoms with van der Waals surface area (Å²) in [5, 5.41) is 22.7. The number of esters is 1. The van der Waals surface area contributed by atoms with E-state index < -0.39 is 94.0 Å². The minimum absolute atomic E-state index is 0.0304. The quantitative estimate of drug-likeness (QED) is 0.0439. The molecule has 1 unspecified atom stereocenters. The molecule has 0 radical (unpaired) electrons. The first-order valence-electron chi connectivity index (χ1n) is 21.0. The van der Waals surface area contributed by atoms with Gasteiger partial charge >= 0.3 is 24.2 Å². The lowest BCUT2D eigenvalue weighted by Crippen LogP contribution is -2.55. The minimum Gasteiger partial charge on any atom is -0.475 e. The van der Waals surface area contributed by atoms with Crippen LogP contribution in [-0.4, -0.2) is 117 Å². The van der Waals surface area contributed by atoms with Gasteiger partial charge in [-0.05, 0) is 53.8 Å². The second-order valence-corrected chi connectivity index (χ2v) is 30.2. The first-order chi connectivity index (χ1) is 30.0. The van der Waals surface area contributed by atoms with Gasteiger partial charge in [-0.1, -0.05) is 90.4 Å². The molecule has 3 rings (SSSR count). The topological polar surface area (TPSA) is 203 Å². The first kappa shape index (κ1) is 56.0. The number of halogens is 5. The fourth-order valence-electron chi connectivity index (χ4n) is 6.32. The Morgan fingerprint density at radius 1 is 0.846 bits per heavy atom. The number of aromatic nitrogens is 1. The zero-order valence-corrected chi connectivity index (χ0v) is 40.5. The zero-order chi connectivity index (χ0) is 49.5. The number of benzene rings is 2. The van der Waals surface area contributed by atoms with Gasteiger partial charge in [-0.3, -0.25) is 9.59 Å². The molecule has 362 valence electrons. The number of alkyl carbamates (subject to hydrolysis) is 1. The average Bonchev–Trinajstić information content (AvgIpc) is 3.59. The van der Waals surface area contributed by atoms with E-state index in [1.54, 1.807) is 12.3 Å². The Morgan fingerprint density at radius 3 is 1.92 bits per heavy atom. The van der Waals surface area contributed by atoms with Crippen molar-refractivity contribution in [2.24, 2.45) is 11.1 Å². The van der Waals surface area contributed by atoms with Gasteiger partial charge in [0, 0.05) is 58.8 Å². The molecule has 0 bridgehead atoms. The van der Waals surface area contributed by atoms with Gasteiger partial charge in [0.25, 0.3) is 0 Å². The van der Waals surface area contributed by atoms with Crippen LogP contribution in [0.1, 0.15) is 44.5 Å². The number of ether oxygens (including phenoxy) is 2. The summed E-state index contributed by atoms with van der Waals surface area (Å²) in [6.45, 7) is 17.8. The van der Waals surface area contributed by atoms with E-state index >= 15 is 4.39 Å². The number of aliphatic hydroxyl groups is 1. The van der Waals surface area contributed by atoms with Crippen LogP contribution < -0.4 is 16.4 Å². The molecule has 0 aliphatic carbocycles. The van der Waals surface area contributed by atoms with E-state index in [0.717, 1.165) is 23.8 Å². The average molecular weight is 958 g/mol. The lowest BCUT2D eigenvalue weighted by molar-refractivity contribution is -0.192. The third kappa shape index (κ3) is 19.5. The third-order valence-electron chi connectivity index (χ3n) is 9.76. The normalized spacial score (nSPS) is 13.4. The second-order valence-electron chi connectivity index (χ2n) is 18.9. The number of carbonyl (C=O) groups excluding carboxylic acids is 4. The Labute approximate surface area is 379 Å². The predicted molar refractivity (Wildman–Crippen MR) is 241 cm³/mol. The number of amides is 3. The molecule has 2 aromatic carbocycles. The summed E-state index contributed by atoms with van der Waals surface area (Å²) < 4.78 is 74.2. The largest absolute Gasteiger partial charge is 0.490 e. The summed E-state index contributed by atoms with van der Waals surface area (Å²) in [6, 6.07) is 12.5. The van der Waals surface area contributed by atoms with Gasteiger partial charge in [-0.25, -0.2) is 23.2 Å². The molecule has 0 saturated heterocycles. The van der Waals surface area contributed by atoms with Crippen molar-refractivity contribution in [3.8, 4) is 11.1 Å². The number of nitrogens with zero attached hydrogens (tertiary/aromatic N) is 2. The maximum absolute atomic E-state index is 15.2. The highest BCUT2D eigenvalue weighted by molar-refractivity contribution is 6.76. The molecule has 6 N–H and O–H groups in total. The Balaban J connectivity index is 0.00000191. The zero-order valence-electron chi connectivity index (χ0n) is 38.5. The molecule has 0 aliphatic rings. The van der Waals surface area contributed by atoms with Crippen LogP contribution in [0.25, 0.3) is 11.1 Å². The van der Waals surface area contributed by atoms with E-state index in [1.807, 2.05) is 55.7 Å². The maximum atomic E-state index is 15.2. The fourth-order valence-corrected chi connectivity index (χ4v) is 7.74. The van der Waals surface area contributed by atoms with Gasteiger partial charge in [-0.2, -0.15) is 13.2 Å².